The molecule has 0 saturated heterocycles. The zero-order chi connectivity index (χ0) is 18.0. The van der Waals surface area contributed by atoms with Crippen molar-refractivity contribution in [2.24, 2.45) is 4.99 Å². The fourth-order valence-electron chi connectivity index (χ4n) is 2.57. The van der Waals surface area contributed by atoms with E-state index in [4.69, 9.17) is 23.2 Å². The van der Waals surface area contributed by atoms with Crippen molar-refractivity contribution in [2.75, 3.05) is 18.4 Å². The van der Waals surface area contributed by atoms with Crippen LogP contribution in [-0.2, 0) is 6.18 Å². The van der Waals surface area contributed by atoms with Gasteiger partial charge in [-0.1, -0.05) is 47.5 Å². The predicted octanol–water partition coefficient (Wildman–Crippen LogP) is 6.78. The van der Waals surface area contributed by atoms with Gasteiger partial charge >= 0.3 is 6.18 Å². The van der Waals surface area contributed by atoms with Gasteiger partial charge in [-0.3, -0.25) is 4.99 Å². The van der Waals surface area contributed by atoms with Gasteiger partial charge in [-0.25, -0.2) is 0 Å². The van der Waals surface area contributed by atoms with E-state index >= 15 is 0 Å². The van der Waals surface area contributed by atoms with Crippen LogP contribution >= 0.6 is 48.0 Å². The summed E-state index contributed by atoms with van der Waals surface area (Å²) in [5.41, 5.74) is 1.05. The summed E-state index contributed by atoms with van der Waals surface area (Å²) in [4.78, 5) is 4.38. The van der Waals surface area contributed by atoms with Gasteiger partial charge in [0.1, 0.15) is 0 Å². The van der Waals surface area contributed by atoms with Crippen LogP contribution in [0.25, 0.3) is 6.08 Å². The van der Waals surface area contributed by atoms with Crippen LogP contribution in [0.5, 0.6) is 0 Å². The van der Waals surface area contributed by atoms with Crippen LogP contribution in [0, 0.1) is 0 Å². The Morgan fingerprint density at radius 3 is 2.41 bits per heavy atom. The first-order valence-corrected chi connectivity index (χ1v) is 8.24. The van der Waals surface area contributed by atoms with Gasteiger partial charge in [0.2, 0.25) is 0 Å². The maximum absolute atomic E-state index is 13.2. The van der Waals surface area contributed by atoms with Crippen molar-refractivity contribution >= 4 is 65.5 Å². The maximum Gasteiger partial charge on any atom is 0.418 e. The number of benzene rings is 2. The molecule has 0 fully saturated rings. The molecule has 2 aromatic rings. The Kier molecular flexibility index (Phi) is 8.48. The molecule has 0 aromatic heterocycles. The summed E-state index contributed by atoms with van der Waals surface area (Å²) in [7, 11) is 0. The Hall–Kier alpha value is -1.40. The average Bonchev–Trinajstić information content (AvgIpc) is 2.77. The fourth-order valence-corrected chi connectivity index (χ4v) is 2.88. The smallest absolute Gasteiger partial charge is 0.382 e. The van der Waals surface area contributed by atoms with Crippen LogP contribution in [-0.4, -0.2) is 18.8 Å². The topological polar surface area (TPSA) is 24.4 Å². The number of allylic oxidation sites excluding steroid dienone is 1. The van der Waals surface area contributed by atoms with Crippen molar-refractivity contribution in [1.29, 1.82) is 0 Å². The summed E-state index contributed by atoms with van der Waals surface area (Å²) in [5.74, 6) is 0. The summed E-state index contributed by atoms with van der Waals surface area (Å²) >= 11 is 11.9. The summed E-state index contributed by atoms with van der Waals surface area (Å²) in [6, 6.07) is 9.20. The lowest BCUT2D eigenvalue weighted by Gasteiger charge is -2.16. The Balaban J connectivity index is 0.00000182. The van der Waals surface area contributed by atoms with Crippen LogP contribution in [0.3, 0.4) is 0 Å². The zero-order valence-electron chi connectivity index (χ0n) is 13.7. The summed E-state index contributed by atoms with van der Waals surface area (Å²) in [5, 5.41) is 3.69. The van der Waals surface area contributed by atoms with E-state index in [0.29, 0.717) is 34.4 Å². The first-order valence-electron chi connectivity index (χ1n) is 7.48. The largest absolute Gasteiger partial charge is 0.418 e. The van der Waals surface area contributed by atoms with Gasteiger partial charge in [-0.05, 0) is 29.8 Å². The number of rotatable bonds is 2. The fraction of sp³-hybridized carbons (Fsp3) is 0.167. The Labute approximate surface area is 177 Å². The molecule has 1 N–H and O–H groups in total. The summed E-state index contributed by atoms with van der Waals surface area (Å²) in [6.07, 6.45) is -0.997. The lowest BCUT2D eigenvalue weighted by molar-refractivity contribution is -0.136. The molecule has 0 amide bonds. The van der Waals surface area contributed by atoms with Crippen molar-refractivity contribution in [3.05, 3.63) is 69.2 Å². The highest BCUT2D eigenvalue weighted by molar-refractivity contribution is 6.42. The number of benzodiazepines with no additional fused rings is 1. The van der Waals surface area contributed by atoms with Crippen molar-refractivity contribution < 1.29 is 13.2 Å². The molecule has 146 valence electrons. The molecule has 1 aliphatic heterocycles. The standard InChI is InChI=1S/C18H13Cl2F3N2.2ClH/c19-14-6-4-11(10-15(14)20)5-7-16-12-2-1-3-13(18(21,22)23)17(12)25-9-8-24-16;;/h1-7,10,25H,8-9H2;2*1H. The molecule has 2 nitrogen and oxygen atoms in total. The molecule has 9 heteroatoms. The monoisotopic (exact) mass is 456 g/mol. The molecule has 0 radical (unpaired) electrons. The third-order valence-corrected chi connectivity index (χ3v) is 4.46. The Bertz CT molecular complexity index is 864. The molecule has 0 bridgehead atoms. The van der Waals surface area contributed by atoms with Crippen molar-refractivity contribution in [3.8, 4) is 0 Å². The summed E-state index contributed by atoms with van der Waals surface area (Å²) in [6.45, 7) is 0.719. The molecule has 1 heterocycles. The van der Waals surface area contributed by atoms with Crippen molar-refractivity contribution in [1.82, 2.24) is 0 Å². The minimum Gasteiger partial charge on any atom is -0.382 e. The van der Waals surface area contributed by atoms with Gasteiger partial charge in [0, 0.05) is 12.1 Å². The Morgan fingerprint density at radius 2 is 1.74 bits per heavy atom. The molecule has 0 unspecified atom stereocenters. The highest BCUT2D eigenvalue weighted by atomic mass is 35.5. The molecular formula is C18H15Cl4F3N2. The van der Waals surface area contributed by atoms with E-state index in [1.165, 1.54) is 6.07 Å². The second kappa shape index (κ2) is 9.69. The highest BCUT2D eigenvalue weighted by Gasteiger charge is 2.35. The van der Waals surface area contributed by atoms with Gasteiger partial charge in [-0.15, -0.1) is 24.8 Å². The first-order chi connectivity index (χ1) is 11.9. The van der Waals surface area contributed by atoms with Gasteiger partial charge < -0.3 is 5.32 Å². The maximum atomic E-state index is 13.2. The number of para-hydroxylation sites is 1. The van der Waals surface area contributed by atoms with Crippen LogP contribution < -0.4 is 5.32 Å². The van der Waals surface area contributed by atoms with Gasteiger partial charge in [0.15, 0.2) is 0 Å². The average molecular weight is 458 g/mol. The number of hydrogen-bond donors (Lipinski definition) is 1. The molecule has 0 aliphatic carbocycles. The van der Waals surface area contributed by atoms with E-state index in [1.54, 1.807) is 36.4 Å². The van der Waals surface area contributed by atoms with E-state index in [2.05, 4.69) is 10.3 Å². The normalized spacial score (nSPS) is 13.6. The quantitative estimate of drug-likeness (QED) is 0.527. The number of halogens is 7. The van der Waals surface area contributed by atoms with Crippen LogP contribution in [0.1, 0.15) is 16.7 Å². The van der Waals surface area contributed by atoms with E-state index in [-0.39, 0.29) is 30.5 Å². The van der Waals surface area contributed by atoms with Crippen molar-refractivity contribution in [2.45, 2.75) is 6.18 Å². The third kappa shape index (κ3) is 5.55. The molecule has 0 atom stereocenters. The van der Waals surface area contributed by atoms with Gasteiger partial charge in [-0.2, -0.15) is 13.2 Å². The van der Waals surface area contributed by atoms with E-state index in [9.17, 15) is 13.2 Å². The number of aliphatic imine (C=N–C) groups is 1. The SMILES string of the molecule is Cl.Cl.FC(F)(F)c1cccc2c1NCCN=C2C=Cc1ccc(Cl)c(Cl)c1. The second-order valence-corrected chi connectivity index (χ2v) is 6.24. The Morgan fingerprint density at radius 1 is 1.00 bits per heavy atom. The van der Waals surface area contributed by atoms with Crippen LogP contribution in [0.4, 0.5) is 18.9 Å². The minimum atomic E-state index is -4.43. The first kappa shape index (κ1) is 23.6. The van der Waals surface area contributed by atoms with Gasteiger partial charge in [0.05, 0.1) is 33.6 Å². The lowest BCUT2D eigenvalue weighted by atomic mass is 10.0. The molecule has 0 spiro atoms. The predicted molar refractivity (Wildman–Crippen MR) is 111 cm³/mol. The summed E-state index contributed by atoms with van der Waals surface area (Å²) < 4.78 is 39.7. The van der Waals surface area contributed by atoms with Crippen LogP contribution in [0.2, 0.25) is 10.0 Å². The van der Waals surface area contributed by atoms with E-state index < -0.39 is 11.7 Å². The molecule has 27 heavy (non-hydrogen) atoms. The van der Waals surface area contributed by atoms with Crippen LogP contribution in [0.15, 0.2) is 47.5 Å². The molecule has 1 aliphatic rings. The van der Waals surface area contributed by atoms with E-state index in [1.807, 2.05) is 0 Å². The second-order valence-electron chi connectivity index (χ2n) is 5.43. The van der Waals surface area contributed by atoms with Gasteiger partial charge in [0.25, 0.3) is 0 Å². The molecule has 2 aromatic carbocycles. The number of nitrogens with one attached hydrogen (secondary N) is 1. The number of hydrogen-bond acceptors (Lipinski definition) is 2. The lowest BCUT2D eigenvalue weighted by Crippen LogP contribution is -2.13. The minimum absolute atomic E-state index is 0. The van der Waals surface area contributed by atoms with Crippen molar-refractivity contribution in [3.63, 3.8) is 0 Å². The number of alkyl halides is 3. The molecule has 0 saturated carbocycles. The molecule has 3 rings (SSSR count). The number of nitrogens with zero attached hydrogens (tertiary/aromatic N) is 1. The number of fused-ring (bicyclic) bond motifs is 1. The number of anilines is 1. The van der Waals surface area contributed by atoms with E-state index in [0.717, 1.165) is 11.6 Å². The highest BCUT2D eigenvalue weighted by Crippen LogP contribution is 2.37. The third-order valence-electron chi connectivity index (χ3n) is 3.72. The molecular weight excluding hydrogens is 443 g/mol. The zero-order valence-corrected chi connectivity index (χ0v) is 16.8.